The molecule has 1 atom stereocenters. The fraction of sp³-hybridized carbons (Fsp3) is 0.217. The molecule has 1 aromatic carbocycles. The maximum absolute atomic E-state index is 12.7. The summed E-state index contributed by atoms with van der Waals surface area (Å²) < 4.78 is 13.3. The van der Waals surface area contributed by atoms with E-state index >= 15 is 0 Å². The van der Waals surface area contributed by atoms with E-state index in [2.05, 4.69) is 15.2 Å². The summed E-state index contributed by atoms with van der Waals surface area (Å²) in [5, 5.41) is 9.52. The predicted octanol–water partition coefficient (Wildman–Crippen LogP) is 3.89. The van der Waals surface area contributed by atoms with Crippen LogP contribution in [0, 0.1) is 0 Å². The van der Waals surface area contributed by atoms with Gasteiger partial charge in [-0.15, -0.1) is 10.2 Å². The molecule has 3 aromatic heterocycles. The van der Waals surface area contributed by atoms with Crippen molar-refractivity contribution in [3.63, 3.8) is 0 Å². The fourth-order valence-corrected chi connectivity index (χ4v) is 4.46. The molecular formula is C23H21N5O3S. The van der Waals surface area contributed by atoms with E-state index in [4.69, 9.17) is 9.15 Å². The summed E-state index contributed by atoms with van der Waals surface area (Å²) in [5.41, 5.74) is 1.53. The molecule has 1 unspecified atom stereocenters. The Bertz CT molecular complexity index is 1210. The molecule has 8 nitrogen and oxygen atoms in total. The number of carbonyl (C=O) groups is 1. The van der Waals surface area contributed by atoms with Crippen LogP contribution in [-0.4, -0.2) is 44.1 Å². The maximum atomic E-state index is 12.7. The second-order valence-electron chi connectivity index (χ2n) is 7.25. The lowest BCUT2D eigenvalue weighted by atomic mass is 10.2. The van der Waals surface area contributed by atoms with E-state index < -0.39 is 6.10 Å². The summed E-state index contributed by atoms with van der Waals surface area (Å²) in [4.78, 5) is 18.9. The van der Waals surface area contributed by atoms with Gasteiger partial charge in [-0.2, -0.15) is 0 Å². The molecule has 1 aliphatic rings. The number of rotatable bonds is 7. The van der Waals surface area contributed by atoms with E-state index in [1.165, 1.54) is 0 Å². The second kappa shape index (κ2) is 8.88. The van der Waals surface area contributed by atoms with Gasteiger partial charge in [-0.1, -0.05) is 30.0 Å². The highest BCUT2D eigenvalue weighted by Crippen LogP contribution is 2.34. The third-order valence-corrected chi connectivity index (χ3v) is 6.07. The van der Waals surface area contributed by atoms with Gasteiger partial charge in [-0.05, 0) is 43.3 Å². The van der Waals surface area contributed by atoms with Gasteiger partial charge in [0, 0.05) is 18.5 Å². The number of thioether (sulfide) groups is 1. The Morgan fingerprint density at radius 3 is 2.75 bits per heavy atom. The van der Waals surface area contributed by atoms with Crippen LogP contribution in [0.4, 0.5) is 5.69 Å². The minimum Gasteiger partial charge on any atom is -0.479 e. The van der Waals surface area contributed by atoms with Gasteiger partial charge >= 0.3 is 0 Å². The highest BCUT2D eigenvalue weighted by molar-refractivity contribution is 7.99. The average Bonchev–Trinajstić information content (AvgIpc) is 3.47. The predicted molar refractivity (Wildman–Crippen MR) is 121 cm³/mol. The van der Waals surface area contributed by atoms with Crippen LogP contribution in [-0.2, 0) is 11.3 Å². The van der Waals surface area contributed by atoms with Crippen molar-refractivity contribution in [3.05, 3.63) is 72.8 Å². The molecule has 4 heterocycles. The van der Waals surface area contributed by atoms with Crippen molar-refractivity contribution >= 4 is 23.4 Å². The molecule has 9 heteroatoms. The van der Waals surface area contributed by atoms with Gasteiger partial charge in [0.05, 0.1) is 18.5 Å². The molecule has 32 heavy (non-hydrogen) atoms. The number of para-hydroxylation sites is 2. The molecule has 162 valence electrons. The Labute approximate surface area is 189 Å². The monoisotopic (exact) mass is 447 g/mol. The van der Waals surface area contributed by atoms with Gasteiger partial charge in [-0.3, -0.25) is 14.3 Å². The first kappa shape index (κ1) is 20.3. The van der Waals surface area contributed by atoms with Gasteiger partial charge in [-0.25, -0.2) is 0 Å². The van der Waals surface area contributed by atoms with Crippen molar-refractivity contribution in [2.75, 3.05) is 17.2 Å². The smallest absolute Gasteiger partial charge is 0.267 e. The maximum Gasteiger partial charge on any atom is 0.267 e. The van der Waals surface area contributed by atoms with E-state index in [-0.39, 0.29) is 5.91 Å². The first-order valence-corrected chi connectivity index (χ1v) is 11.3. The number of hydrogen-bond donors (Lipinski definition) is 0. The average molecular weight is 448 g/mol. The zero-order valence-corrected chi connectivity index (χ0v) is 18.2. The third-order valence-electron chi connectivity index (χ3n) is 5.12. The Balaban J connectivity index is 1.37. The molecule has 0 bridgehead atoms. The second-order valence-corrected chi connectivity index (χ2v) is 8.31. The Hall–Kier alpha value is -3.59. The SMILES string of the molecule is CC1Oc2ccccc2N(CCSc2nnc(-c3ccccn3)n2Cc2ccco2)C1=O. The summed E-state index contributed by atoms with van der Waals surface area (Å²) in [6, 6.07) is 17.1. The molecule has 1 amide bonds. The van der Waals surface area contributed by atoms with E-state index in [1.54, 1.807) is 36.0 Å². The Morgan fingerprint density at radius 1 is 1.06 bits per heavy atom. The topological polar surface area (TPSA) is 86.3 Å². The van der Waals surface area contributed by atoms with Crippen molar-refractivity contribution < 1.29 is 13.9 Å². The number of aromatic nitrogens is 4. The molecule has 4 aromatic rings. The van der Waals surface area contributed by atoms with Gasteiger partial charge < -0.3 is 14.1 Å². The lowest BCUT2D eigenvalue weighted by Gasteiger charge is -2.32. The van der Waals surface area contributed by atoms with E-state index in [0.717, 1.165) is 28.0 Å². The number of benzene rings is 1. The van der Waals surface area contributed by atoms with Gasteiger partial charge in [0.25, 0.3) is 5.91 Å². The van der Waals surface area contributed by atoms with Gasteiger partial charge in [0.15, 0.2) is 17.1 Å². The number of carbonyl (C=O) groups excluding carboxylic acids is 1. The van der Waals surface area contributed by atoms with E-state index in [0.29, 0.717) is 24.7 Å². The largest absolute Gasteiger partial charge is 0.479 e. The zero-order chi connectivity index (χ0) is 21.9. The summed E-state index contributed by atoms with van der Waals surface area (Å²) in [5.74, 6) is 2.80. The number of hydrogen-bond acceptors (Lipinski definition) is 7. The number of ether oxygens (including phenoxy) is 1. The van der Waals surface area contributed by atoms with Gasteiger partial charge in [0.1, 0.15) is 17.2 Å². The van der Waals surface area contributed by atoms with Crippen molar-refractivity contribution in [2.45, 2.75) is 24.7 Å². The van der Waals surface area contributed by atoms with Crippen LogP contribution in [0.25, 0.3) is 11.5 Å². The number of pyridine rings is 1. The van der Waals surface area contributed by atoms with Crippen molar-refractivity contribution in [1.29, 1.82) is 0 Å². The molecule has 5 rings (SSSR count). The van der Waals surface area contributed by atoms with E-state index in [1.807, 2.05) is 59.2 Å². The number of amides is 1. The Kier molecular flexibility index (Phi) is 5.64. The summed E-state index contributed by atoms with van der Waals surface area (Å²) in [6.45, 7) is 2.79. The normalized spacial score (nSPS) is 15.5. The van der Waals surface area contributed by atoms with Crippen LogP contribution < -0.4 is 9.64 Å². The minimum atomic E-state index is -0.506. The van der Waals surface area contributed by atoms with Crippen LogP contribution in [0.3, 0.4) is 0 Å². The molecule has 0 saturated carbocycles. The number of furan rings is 1. The first-order chi connectivity index (χ1) is 15.7. The van der Waals surface area contributed by atoms with Crippen LogP contribution in [0.2, 0.25) is 0 Å². The lowest BCUT2D eigenvalue weighted by molar-refractivity contribution is -0.125. The van der Waals surface area contributed by atoms with Crippen LogP contribution in [0.15, 0.2) is 76.6 Å². The Morgan fingerprint density at radius 2 is 1.94 bits per heavy atom. The van der Waals surface area contributed by atoms with Crippen LogP contribution >= 0.6 is 11.8 Å². The molecule has 0 N–H and O–H groups in total. The lowest BCUT2D eigenvalue weighted by Crippen LogP contribution is -2.45. The highest BCUT2D eigenvalue weighted by Gasteiger charge is 2.31. The minimum absolute atomic E-state index is 0.0458. The molecule has 0 spiro atoms. The van der Waals surface area contributed by atoms with Crippen LogP contribution in [0.5, 0.6) is 5.75 Å². The fourth-order valence-electron chi connectivity index (χ4n) is 3.60. The standard InChI is InChI=1S/C23H21N5O3S/c1-16-22(29)27(19-9-2-3-10-20(19)31-16)12-14-32-23-26-25-21(18-8-4-5-11-24-18)28(23)15-17-7-6-13-30-17/h2-11,13,16H,12,14-15H2,1H3. The molecular weight excluding hydrogens is 426 g/mol. The van der Waals surface area contributed by atoms with Crippen molar-refractivity contribution in [3.8, 4) is 17.3 Å². The zero-order valence-electron chi connectivity index (χ0n) is 17.4. The molecule has 0 fully saturated rings. The van der Waals surface area contributed by atoms with Gasteiger partial charge in [0.2, 0.25) is 0 Å². The summed E-state index contributed by atoms with van der Waals surface area (Å²) >= 11 is 1.54. The number of nitrogens with zero attached hydrogens (tertiary/aromatic N) is 5. The molecule has 0 aliphatic carbocycles. The highest BCUT2D eigenvalue weighted by atomic mass is 32.2. The third kappa shape index (κ3) is 3.99. The van der Waals surface area contributed by atoms with Crippen molar-refractivity contribution in [1.82, 2.24) is 19.7 Å². The van der Waals surface area contributed by atoms with Crippen molar-refractivity contribution in [2.24, 2.45) is 0 Å². The summed E-state index contributed by atoms with van der Waals surface area (Å²) in [6.07, 6.45) is 2.88. The number of fused-ring (bicyclic) bond motifs is 1. The number of anilines is 1. The van der Waals surface area contributed by atoms with E-state index in [9.17, 15) is 4.79 Å². The summed E-state index contributed by atoms with van der Waals surface area (Å²) in [7, 11) is 0. The molecule has 1 aliphatic heterocycles. The first-order valence-electron chi connectivity index (χ1n) is 10.3. The molecule has 0 radical (unpaired) electrons. The quantitative estimate of drug-likeness (QED) is 0.397. The van der Waals surface area contributed by atoms with Crippen LogP contribution in [0.1, 0.15) is 12.7 Å². The molecule has 0 saturated heterocycles.